The van der Waals surface area contributed by atoms with Crippen LogP contribution in [-0.4, -0.2) is 29.2 Å². The average molecular weight is 316 g/mol. The van der Waals surface area contributed by atoms with E-state index in [2.05, 4.69) is 12.0 Å². The molecule has 0 aromatic heterocycles. The summed E-state index contributed by atoms with van der Waals surface area (Å²) in [5.74, 6) is 2.14. The molecule has 7 heteroatoms. The lowest BCUT2D eigenvalue weighted by Crippen LogP contribution is -2.13. The number of thioether (sulfide) groups is 1. The quantitative estimate of drug-likeness (QED) is 0.308. The maximum absolute atomic E-state index is 11.0. The van der Waals surface area contributed by atoms with Gasteiger partial charge in [0.05, 0.1) is 4.92 Å². The highest BCUT2D eigenvalue weighted by Gasteiger charge is 2.14. The summed E-state index contributed by atoms with van der Waals surface area (Å²) in [6.45, 7) is 5.23. The third-order valence-electron chi connectivity index (χ3n) is 2.56. The highest BCUT2D eigenvalue weighted by atomic mass is 32.2. The van der Waals surface area contributed by atoms with Crippen LogP contribution in [0.4, 0.5) is 5.69 Å². The molecule has 0 spiro atoms. The predicted molar refractivity (Wildman–Crippen MR) is 86.3 cm³/mol. The Balaban J connectivity index is 2.55. The van der Waals surface area contributed by atoms with E-state index in [1.54, 1.807) is 12.1 Å². The van der Waals surface area contributed by atoms with E-state index in [9.17, 15) is 10.1 Å². The Morgan fingerprint density at radius 3 is 2.80 bits per heavy atom. The van der Waals surface area contributed by atoms with Crippen LogP contribution >= 0.6 is 20.1 Å². The van der Waals surface area contributed by atoms with Crippen molar-refractivity contribution >= 4 is 25.7 Å². The molecule has 1 unspecified atom stereocenters. The Bertz CT molecular complexity index is 420. The molecule has 0 heterocycles. The third kappa shape index (κ3) is 6.18. The van der Waals surface area contributed by atoms with Gasteiger partial charge in [-0.05, 0) is 12.7 Å². The number of para-hydroxylation sites is 1. The predicted octanol–water partition coefficient (Wildman–Crippen LogP) is 3.79. The molecule has 112 valence electrons. The molecule has 0 radical (unpaired) electrons. The molecule has 0 saturated carbocycles. The molecule has 20 heavy (non-hydrogen) atoms. The Labute approximate surface area is 125 Å². The summed E-state index contributed by atoms with van der Waals surface area (Å²) in [7, 11) is -0.721. The zero-order valence-electron chi connectivity index (χ0n) is 11.9. The largest absolute Gasteiger partial charge is 0.344 e. The van der Waals surface area contributed by atoms with Crippen LogP contribution in [0.5, 0.6) is 0 Å². The van der Waals surface area contributed by atoms with Gasteiger partial charge in [-0.25, -0.2) is 0 Å². The van der Waals surface area contributed by atoms with Gasteiger partial charge in [0.1, 0.15) is 8.30 Å². The molecule has 0 aliphatic heterocycles. The van der Waals surface area contributed by atoms with Crippen LogP contribution in [0.3, 0.4) is 0 Å². The maximum Gasteiger partial charge on any atom is 0.273 e. The normalized spacial score (nSPS) is 12.3. The monoisotopic (exact) mass is 316 g/mol. The van der Waals surface area contributed by atoms with Gasteiger partial charge < -0.3 is 4.52 Å². The van der Waals surface area contributed by atoms with Gasteiger partial charge in [-0.1, -0.05) is 25.1 Å². The van der Waals surface area contributed by atoms with Gasteiger partial charge in [0.2, 0.25) is 0 Å². The molecule has 0 aliphatic rings. The molecule has 0 fully saturated rings. The molecular weight excluding hydrogens is 295 g/mol. The number of benzene rings is 1. The Morgan fingerprint density at radius 1 is 1.40 bits per heavy atom. The van der Waals surface area contributed by atoms with Crippen molar-refractivity contribution in [2.45, 2.75) is 20.4 Å². The van der Waals surface area contributed by atoms with E-state index in [0.29, 0.717) is 18.7 Å². The topological polar surface area (TPSA) is 64.4 Å². The summed E-state index contributed by atoms with van der Waals surface area (Å²) >= 11 is 1.88. The van der Waals surface area contributed by atoms with Gasteiger partial charge in [-0.3, -0.25) is 15.2 Å². The number of hydrogen-bond donors (Lipinski definition) is 1. The maximum atomic E-state index is 11.0. The van der Waals surface area contributed by atoms with Crippen LogP contribution in [0.15, 0.2) is 24.3 Å². The number of nitrogens with zero attached hydrogens (tertiary/aromatic N) is 1. The zero-order valence-corrected chi connectivity index (χ0v) is 13.6. The van der Waals surface area contributed by atoms with E-state index in [1.165, 1.54) is 6.07 Å². The van der Waals surface area contributed by atoms with Crippen molar-refractivity contribution in [3.63, 3.8) is 0 Å². The highest BCUT2D eigenvalue weighted by molar-refractivity contribution is 7.99. The Kier molecular flexibility index (Phi) is 8.78. The SMILES string of the molecule is CCOP(CCSCC)NCc1ccccc1[N+](=O)[O-]. The van der Waals surface area contributed by atoms with Crippen molar-refractivity contribution in [1.29, 1.82) is 0 Å². The van der Waals surface area contributed by atoms with E-state index in [-0.39, 0.29) is 10.6 Å². The van der Waals surface area contributed by atoms with E-state index < -0.39 is 8.30 Å². The first-order chi connectivity index (χ1) is 9.69. The fraction of sp³-hybridized carbons (Fsp3) is 0.538. The molecule has 0 amide bonds. The number of nitro groups is 1. The van der Waals surface area contributed by atoms with Gasteiger partial charge in [0.15, 0.2) is 0 Å². The Hall–Kier alpha value is -0.680. The second kappa shape index (κ2) is 10.1. The zero-order chi connectivity index (χ0) is 14.8. The highest BCUT2D eigenvalue weighted by Crippen LogP contribution is 2.33. The van der Waals surface area contributed by atoms with Crippen LogP contribution in [-0.2, 0) is 11.1 Å². The van der Waals surface area contributed by atoms with Crippen molar-refractivity contribution in [3.8, 4) is 0 Å². The number of nitro benzene ring substituents is 1. The minimum Gasteiger partial charge on any atom is -0.344 e. The number of rotatable bonds is 10. The van der Waals surface area contributed by atoms with Gasteiger partial charge in [-0.15, -0.1) is 0 Å². The van der Waals surface area contributed by atoms with Crippen molar-refractivity contribution in [1.82, 2.24) is 5.09 Å². The molecule has 1 aromatic carbocycles. The van der Waals surface area contributed by atoms with Crippen LogP contribution in [0.25, 0.3) is 0 Å². The van der Waals surface area contributed by atoms with Crippen LogP contribution in [0.1, 0.15) is 19.4 Å². The average Bonchev–Trinajstić information content (AvgIpc) is 2.45. The molecule has 0 aliphatic carbocycles. The first-order valence-corrected chi connectivity index (χ1v) is 9.23. The van der Waals surface area contributed by atoms with E-state index in [4.69, 9.17) is 4.52 Å². The minimum atomic E-state index is -0.721. The standard InChI is InChI=1S/C13H21N2O3PS/c1-3-18-19(9-10-20-4-2)14-11-12-7-5-6-8-13(12)15(16)17/h5-8,14H,3-4,9-11H2,1-2H3. The third-order valence-corrected chi connectivity index (χ3v) is 5.48. The van der Waals surface area contributed by atoms with Gasteiger partial charge >= 0.3 is 0 Å². The molecule has 5 nitrogen and oxygen atoms in total. The molecule has 0 bridgehead atoms. The lowest BCUT2D eigenvalue weighted by atomic mass is 10.2. The summed E-state index contributed by atoms with van der Waals surface area (Å²) in [5.41, 5.74) is 0.863. The molecule has 0 saturated heterocycles. The Morgan fingerprint density at radius 2 is 2.15 bits per heavy atom. The van der Waals surface area contributed by atoms with E-state index in [0.717, 1.165) is 17.7 Å². The molecule has 1 rings (SSSR count). The van der Waals surface area contributed by atoms with Crippen LogP contribution < -0.4 is 5.09 Å². The second-order valence-electron chi connectivity index (χ2n) is 3.94. The van der Waals surface area contributed by atoms with Crippen molar-refractivity contribution in [2.24, 2.45) is 0 Å². The van der Waals surface area contributed by atoms with Crippen molar-refractivity contribution < 1.29 is 9.45 Å². The fourth-order valence-corrected chi connectivity index (χ4v) is 4.15. The summed E-state index contributed by atoms with van der Waals surface area (Å²) in [5, 5.41) is 14.3. The van der Waals surface area contributed by atoms with Gasteiger partial charge in [0, 0.05) is 36.7 Å². The molecule has 1 N–H and O–H groups in total. The van der Waals surface area contributed by atoms with Crippen LogP contribution in [0, 0.1) is 10.1 Å². The number of hydrogen-bond acceptors (Lipinski definition) is 5. The first-order valence-electron chi connectivity index (χ1n) is 6.63. The molecule has 1 aromatic rings. The van der Waals surface area contributed by atoms with E-state index >= 15 is 0 Å². The summed E-state index contributed by atoms with van der Waals surface area (Å²) in [4.78, 5) is 10.6. The van der Waals surface area contributed by atoms with Gasteiger partial charge in [0.25, 0.3) is 5.69 Å². The number of nitrogens with one attached hydrogen (secondary N) is 1. The first kappa shape index (κ1) is 17.4. The fourth-order valence-electron chi connectivity index (χ4n) is 1.65. The summed E-state index contributed by atoms with van der Waals surface area (Å²) in [6.07, 6.45) is 0.961. The lowest BCUT2D eigenvalue weighted by molar-refractivity contribution is -0.385. The van der Waals surface area contributed by atoms with Crippen molar-refractivity contribution in [2.75, 3.05) is 24.3 Å². The van der Waals surface area contributed by atoms with E-state index in [1.807, 2.05) is 24.8 Å². The van der Waals surface area contributed by atoms with Gasteiger partial charge in [-0.2, -0.15) is 11.8 Å². The van der Waals surface area contributed by atoms with Crippen LogP contribution in [0.2, 0.25) is 0 Å². The molecule has 1 atom stereocenters. The summed E-state index contributed by atoms with van der Waals surface area (Å²) < 4.78 is 5.68. The lowest BCUT2D eigenvalue weighted by Gasteiger charge is -2.17. The molecular formula is C13H21N2O3PS. The summed E-state index contributed by atoms with van der Waals surface area (Å²) in [6, 6.07) is 6.82. The minimum absolute atomic E-state index is 0.161. The van der Waals surface area contributed by atoms with Crippen molar-refractivity contribution in [3.05, 3.63) is 39.9 Å². The second-order valence-corrected chi connectivity index (χ2v) is 7.11. The smallest absolute Gasteiger partial charge is 0.273 e.